The van der Waals surface area contributed by atoms with E-state index in [-0.39, 0.29) is 18.1 Å². The van der Waals surface area contributed by atoms with E-state index in [0.29, 0.717) is 39.2 Å². The summed E-state index contributed by atoms with van der Waals surface area (Å²) in [5.41, 5.74) is 2.22. The average Bonchev–Trinajstić information content (AvgIpc) is 3.27. The first-order valence-corrected chi connectivity index (χ1v) is 10.6. The van der Waals surface area contributed by atoms with Gasteiger partial charge in [-0.3, -0.25) is 14.0 Å². The molecule has 1 amide bonds. The largest absolute Gasteiger partial charge is 0.493 e. The maximum absolute atomic E-state index is 12.9. The van der Waals surface area contributed by atoms with Crippen LogP contribution in [0, 0.1) is 6.92 Å². The zero-order valence-electron chi connectivity index (χ0n) is 17.7. The molecule has 2 aromatic carbocycles. The van der Waals surface area contributed by atoms with Gasteiger partial charge in [-0.15, -0.1) is 11.3 Å². The van der Waals surface area contributed by atoms with Crippen molar-refractivity contribution in [2.24, 2.45) is 0 Å². The van der Waals surface area contributed by atoms with Gasteiger partial charge in [-0.2, -0.15) is 0 Å². The normalized spacial score (nSPS) is 10.7. The van der Waals surface area contributed by atoms with Gasteiger partial charge in [0.25, 0.3) is 11.5 Å². The lowest BCUT2D eigenvalue weighted by Gasteiger charge is -2.14. The van der Waals surface area contributed by atoms with Crippen LogP contribution in [0.25, 0.3) is 4.96 Å². The molecule has 0 spiro atoms. The summed E-state index contributed by atoms with van der Waals surface area (Å²) in [6.45, 7) is 2.01. The third kappa shape index (κ3) is 4.42. The summed E-state index contributed by atoms with van der Waals surface area (Å²) in [6, 6.07) is 11.8. The maximum atomic E-state index is 12.9. The second-order valence-corrected chi connectivity index (χ2v) is 7.83. The molecule has 1 N–H and O–H groups in total. The van der Waals surface area contributed by atoms with E-state index >= 15 is 0 Å². The SMILES string of the molecule is COc1ccc(C(=O)Nc2cc(C)ccc2OCc2cc(=O)n3ccsc3n2)cc1OC. The predicted octanol–water partition coefficient (Wildman–Crippen LogP) is 3.91. The molecule has 2 aromatic heterocycles. The fourth-order valence-corrected chi connectivity index (χ4v) is 3.89. The standard InChI is InChI=1S/C23H21N3O5S/c1-14-4-6-18(31-13-16-12-21(27)26-8-9-32-23(26)24-16)17(10-14)25-22(28)15-5-7-19(29-2)20(11-15)30-3/h4-12H,13H2,1-3H3,(H,25,28). The number of nitrogens with one attached hydrogen (secondary N) is 1. The fourth-order valence-electron chi connectivity index (χ4n) is 3.15. The average molecular weight is 452 g/mol. The van der Waals surface area contributed by atoms with Gasteiger partial charge >= 0.3 is 0 Å². The molecule has 164 valence electrons. The van der Waals surface area contributed by atoms with Crippen LogP contribution in [0.15, 0.2) is 58.8 Å². The van der Waals surface area contributed by atoms with E-state index in [1.807, 2.05) is 19.1 Å². The Morgan fingerprint density at radius 3 is 2.62 bits per heavy atom. The zero-order chi connectivity index (χ0) is 22.7. The van der Waals surface area contributed by atoms with Gasteiger partial charge in [0.15, 0.2) is 16.5 Å². The Labute approximate surface area is 188 Å². The quantitative estimate of drug-likeness (QED) is 0.458. The summed E-state index contributed by atoms with van der Waals surface area (Å²) in [6.07, 6.45) is 1.68. The summed E-state index contributed by atoms with van der Waals surface area (Å²) in [5, 5.41) is 4.69. The third-order valence-corrected chi connectivity index (χ3v) is 5.52. The number of anilines is 1. The first kappa shape index (κ1) is 21.4. The number of carbonyl (C=O) groups is 1. The van der Waals surface area contributed by atoms with E-state index in [0.717, 1.165) is 5.56 Å². The van der Waals surface area contributed by atoms with E-state index in [2.05, 4.69) is 10.3 Å². The van der Waals surface area contributed by atoms with Gasteiger partial charge in [0.2, 0.25) is 0 Å². The minimum absolute atomic E-state index is 0.0892. The number of nitrogens with zero attached hydrogens (tertiary/aromatic N) is 2. The van der Waals surface area contributed by atoms with Gasteiger partial charge in [-0.1, -0.05) is 6.07 Å². The molecule has 4 aromatic rings. The van der Waals surface area contributed by atoms with E-state index in [1.165, 1.54) is 36.0 Å². The van der Waals surface area contributed by atoms with E-state index < -0.39 is 0 Å². The number of hydrogen-bond donors (Lipinski definition) is 1. The van der Waals surface area contributed by atoms with Crippen LogP contribution in [-0.2, 0) is 6.61 Å². The Morgan fingerprint density at radius 2 is 1.84 bits per heavy atom. The summed E-state index contributed by atoms with van der Waals surface area (Å²) < 4.78 is 17.9. The first-order chi connectivity index (χ1) is 15.5. The number of amides is 1. The lowest BCUT2D eigenvalue weighted by molar-refractivity contribution is 0.102. The summed E-state index contributed by atoms with van der Waals surface area (Å²) in [4.78, 5) is 30.1. The van der Waals surface area contributed by atoms with Crippen LogP contribution < -0.4 is 25.1 Å². The van der Waals surface area contributed by atoms with Crippen LogP contribution in [0.3, 0.4) is 0 Å². The maximum Gasteiger partial charge on any atom is 0.258 e. The van der Waals surface area contributed by atoms with Crippen molar-refractivity contribution in [1.29, 1.82) is 0 Å². The highest BCUT2D eigenvalue weighted by molar-refractivity contribution is 7.15. The van der Waals surface area contributed by atoms with Gasteiger partial charge < -0.3 is 19.5 Å². The Bertz CT molecular complexity index is 1350. The molecule has 0 aliphatic rings. The van der Waals surface area contributed by atoms with Crippen molar-refractivity contribution in [2.45, 2.75) is 13.5 Å². The van der Waals surface area contributed by atoms with Crippen molar-refractivity contribution < 1.29 is 19.0 Å². The number of hydrogen-bond acceptors (Lipinski definition) is 7. The number of methoxy groups -OCH3 is 2. The number of fused-ring (bicyclic) bond motifs is 1. The topological polar surface area (TPSA) is 91.2 Å². The van der Waals surface area contributed by atoms with Crippen molar-refractivity contribution in [3.05, 3.63) is 81.2 Å². The molecular weight excluding hydrogens is 430 g/mol. The molecule has 0 aliphatic carbocycles. The summed E-state index contributed by atoms with van der Waals surface area (Å²) in [7, 11) is 3.05. The molecule has 0 saturated carbocycles. The van der Waals surface area contributed by atoms with Gasteiger partial charge in [0, 0.05) is 23.2 Å². The minimum Gasteiger partial charge on any atom is -0.493 e. The van der Waals surface area contributed by atoms with Crippen molar-refractivity contribution >= 4 is 27.9 Å². The predicted molar refractivity (Wildman–Crippen MR) is 122 cm³/mol. The van der Waals surface area contributed by atoms with Gasteiger partial charge in [-0.05, 0) is 42.8 Å². The molecule has 32 heavy (non-hydrogen) atoms. The van der Waals surface area contributed by atoms with E-state index in [1.54, 1.807) is 35.8 Å². The number of rotatable bonds is 7. The monoisotopic (exact) mass is 451 g/mol. The Kier molecular flexibility index (Phi) is 6.09. The van der Waals surface area contributed by atoms with Crippen molar-refractivity contribution in [3.63, 3.8) is 0 Å². The molecule has 0 bridgehead atoms. The minimum atomic E-state index is -0.322. The van der Waals surface area contributed by atoms with Crippen molar-refractivity contribution in [3.8, 4) is 17.2 Å². The molecule has 0 aliphatic heterocycles. The fraction of sp³-hybridized carbons (Fsp3) is 0.174. The highest BCUT2D eigenvalue weighted by Crippen LogP contribution is 2.30. The highest BCUT2D eigenvalue weighted by Gasteiger charge is 2.14. The molecular formula is C23H21N3O5S. The zero-order valence-corrected chi connectivity index (χ0v) is 18.6. The number of carbonyl (C=O) groups excluding carboxylic acids is 1. The number of ether oxygens (including phenoxy) is 3. The van der Waals surface area contributed by atoms with E-state index in [4.69, 9.17) is 14.2 Å². The lowest BCUT2D eigenvalue weighted by atomic mass is 10.1. The van der Waals surface area contributed by atoms with Gasteiger partial charge in [0.1, 0.15) is 12.4 Å². The van der Waals surface area contributed by atoms with Crippen LogP contribution in [-0.4, -0.2) is 29.5 Å². The molecule has 9 heteroatoms. The van der Waals surface area contributed by atoms with Crippen LogP contribution >= 0.6 is 11.3 Å². The second-order valence-electron chi connectivity index (χ2n) is 6.95. The molecule has 0 radical (unpaired) electrons. The second kappa shape index (κ2) is 9.11. The molecule has 2 heterocycles. The molecule has 0 saturated heterocycles. The van der Waals surface area contributed by atoms with E-state index in [9.17, 15) is 9.59 Å². The Balaban J connectivity index is 1.55. The molecule has 4 rings (SSSR count). The number of benzene rings is 2. The summed E-state index contributed by atoms with van der Waals surface area (Å²) >= 11 is 1.37. The third-order valence-electron chi connectivity index (χ3n) is 4.76. The van der Waals surface area contributed by atoms with Gasteiger partial charge in [0.05, 0.1) is 25.6 Å². The first-order valence-electron chi connectivity index (χ1n) is 9.71. The number of thiazole rings is 1. The van der Waals surface area contributed by atoms with Crippen molar-refractivity contribution in [2.75, 3.05) is 19.5 Å². The van der Waals surface area contributed by atoms with Crippen LogP contribution in [0.1, 0.15) is 21.6 Å². The lowest BCUT2D eigenvalue weighted by Crippen LogP contribution is -2.15. The Hall–Kier alpha value is -3.85. The molecule has 0 atom stereocenters. The number of aryl methyl sites for hydroxylation is 1. The molecule has 0 unspecified atom stereocenters. The molecule has 0 fully saturated rings. The summed E-state index contributed by atoms with van der Waals surface area (Å²) in [5.74, 6) is 1.15. The Morgan fingerprint density at radius 1 is 1.06 bits per heavy atom. The van der Waals surface area contributed by atoms with Gasteiger partial charge in [-0.25, -0.2) is 4.98 Å². The number of aromatic nitrogens is 2. The van der Waals surface area contributed by atoms with Crippen molar-refractivity contribution in [1.82, 2.24) is 9.38 Å². The van der Waals surface area contributed by atoms with Crippen LogP contribution in [0.4, 0.5) is 5.69 Å². The highest BCUT2D eigenvalue weighted by atomic mass is 32.1. The van der Waals surface area contributed by atoms with Crippen LogP contribution in [0.5, 0.6) is 17.2 Å². The van der Waals surface area contributed by atoms with Crippen LogP contribution in [0.2, 0.25) is 0 Å². The smallest absolute Gasteiger partial charge is 0.258 e. The molecule has 8 nitrogen and oxygen atoms in total.